The molecule has 4 heteroatoms. The first kappa shape index (κ1) is 14.3. The van der Waals surface area contributed by atoms with Gasteiger partial charge in [-0.3, -0.25) is 9.78 Å². The van der Waals surface area contributed by atoms with Gasteiger partial charge in [-0.15, -0.1) is 0 Å². The third kappa shape index (κ3) is 3.50. The molecule has 0 aliphatic carbocycles. The van der Waals surface area contributed by atoms with E-state index in [1.54, 1.807) is 11.3 Å². The largest absolute Gasteiger partial charge is 0.338 e. The van der Waals surface area contributed by atoms with Gasteiger partial charge in [0.15, 0.2) is 0 Å². The summed E-state index contributed by atoms with van der Waals surface area (Å²) in [6, 6.07) is 6.13. The summed E-state index contributed by atoms with van der Waals surface area (Å²) in [6.07, 6.45) is 5.27. The topological polar surface area (TPSA) is 33.2 Å². The molecule has 0 radical (unpaired) electrons. The maximum Gasteiger partial charge on any atom is 0.254 e. The molecule has 21 heavy (non-hydrogen) atoms. The summed E-state index contributed by atoms with van der Waals surface area (Å²) < 4.78 is 0. The van der Waals surface area contributed by atoms with Crippen molar-refractivity contribution >= 4 is 17.2 Å². The summed E-state index contributed by atoms with van der Waals surface area (Å²) in [5.74, 6) is 0.730. The Kier molecular flexibility index (Phi) is 4.34. The van der Waals surface area contributed by atoms with Crippen LogP contribution in [0.3, 0.4) is 0 Å². The van der Waals surface area contributed by atoms with Gasteiger partial charge in [0.25, 0.3) is 5.91 Å². The molecular formula is C17H20N2OS. The van der Waals surface area contributed by atoms with Gasteiger partial charge < -0.3 is 4.90 Å². The Balaban J connectivity index is 1.63. The van der Waals surface area contributed by atoms with E-state index in [4.69, 9.17) is 0 Å². The number of carbonyl (C=O) groups is 1. The Morgan fingerprint density at radius 3 is 3.05 bits per heavy atom. The molecule has 2 aromatic rings. The molecule has 3 heterocycles. The number of pyridine rings is 1. The zero-order chi connectivity index (χ0) is 14.7. The number of nitrogens with zero attached hydrogens (tertiary/aromatic N) is 2. The lowest BCUT2D eigenvalue weighted by Gasteiger charge is -2.32. The van der Waals surface area contributed by atoms with Crippen LogP contribution in [0.15, 0.2) is 35.2 Å². The van der Waals surface area contributed by atoms with E-state index in [1.807, 2.05) is 34.8 Å². The zero-order valence-electron chi connectivity index (χ0n) is 12.3. The van der Waals surface area contributed by atoms with Crippen LogP contribution in [0, 0.1) is 12.8 Å². The molecule has 0 unspecified atom stereocenters. The van der Waals surface area contributed by atoms with Crippen LogP contribution in [0.4, 0.5) is 0 Å². The van der Waals surface area contributed by atoms with Gasteiger partial charge in [-0.05, 0) is 55.2 Å². The van der Waals surface area contributed by atoms with Crippen molar-refractivity contribution in [1.82, 2.24) is 9.88 Å². The van der Waals surface area contributed by atoms with Crippen molar-refractivity contribution in [3.63, 3.8) is 0 Å². The Morgan fingerprint density at radius 1 is 1.43 bits per heavy atom. The molecule has 0 spiro atoms. The van der Waals surface area contributed by atoms with Crippen molar-refractivity contribution in [3.05, 3.63) is 52.0 Å². The summed E-state index contributed by atoms with van der Waals surface area (Å²) in [4.78, 5) is 18.8. The van der Waals surface area contributed by atoms with Gasteiger partial charge in [0.05, 0.1) is 5.56 Å². The third-order valence-corrected chi connectivity index (χ3v) is 4.75. The van der Waals surface area contributed by atoms with E-state index in [9.17, 15) is 4.79 Å². The summed E-state index contributed by atoms with van der Waals surface area (Å²) >= 11 is 1.58. The SMILES string of the molecule is Cc1ccc(C[C@H]2CCCN(C(=O)c3ccsc3)C2)cn1. The standard InChI is InChI=1S/C17H20N2OS/c1-13-4-5-14(10-18-13)9-15-3-2-7-19(11-15)17(20)16-6-8-21-12-16/h4-6,8,10,12,15H,2-3,7,9,11H2,1H3/t15-/m1/s1. The van der Waals surface area contributed by atoms with Gasteiger partial charge in [0.1, 0.15) is 0 Å². The molecule has 0 saturated carbocycles. The van der Waals surface area contributed by atoms with E-state index in [2.05, 4.69) is 17.1 Å². The molecule has 1 fully saturated rings. The van der Waals surface area contributed by atoms with E-state index in [0.717, 1.165) is 37.2 Å². The van der Waals surface area contributed by atoms with Crippen LogP contribution in [0.1, 0.15) is 34.5 Å². The highest BCUT2D eigenvalue weighted by atomic mass is 32.1. The van der Waals surface area contributed by atoms with Crippen molar-refractivity contribution in [2.24, 2.45) is 5.92 Å². The second-order valence-corrected chi connectivity index (χ2v) is 6.56. The fourth-order valence-corrected chi connectivity index (χ4v) is 3.57. The number of piperidine rings is 1. The summed E-state index contributed by atoms with van der Waals surface area (Å²) in [7, 11) is 0. The number of amides is 1. The van der Waals surface area contributed by atoms with Gasteiger partial charge in [-0.25, -0.2) is 0 Å². The number of carbonyl (C=O) groups excluding carboxylic acids is 1. The lowest BCUT2D eigenvalue weighted by atomic mass is 9.91. The molecule has 0 N–H and O–H groups in total. The van der Waals surface area contributed by atoms with Crippen LogP contribution in [-0.2, 0) is 6.42 Å². The predicted octanol–water partition coefficient (Wildman–Crippen LogP) is 3.55. The second-order valence-electron chi connectivity index (χ2n) is 5.78. The summed E-state index contributed by atoms with van der Waals surface area (Å²) in [5.41, 5.74) is 3.16. The quantitative estimate of drug-likeness (QED) is 0.868. The van der Waals surface area contributed by atoms with E-state index < -0.39 is 0 Å². The van der Waals surface area contributed by atoms with E-state index in [-0.39, 0.29) is 5.91 Å². The molecule has 1 amide bonds. The Hall–Kier alpha value is -1.68. The number of likely N-dealkylation sites (tertiary alicyclic amines) is 1. The molecule has 1 saturated heterocycles. The maximum absolute atomic E-state index is 12.4. The van der Waals surface area contributed by atoms with Crippen molar-refractivity contribution in [1.29, 1.82) is 0 Å². The molecule has 110 valence electrons. The van der Waals surface area contributed by atoms with Crippen LogP contribution in [0.25, 0.3) is 0 Å². The smallest absolute Gasteiger partial charge is 0.254 e. The van der Waals surface area contributed by atoms with E-state index in [1.165, 1.54) is 12.0 Å². The van der Waals surface area contributed by atoms with Gasteiger partial charge in [-0.2, -0.15) is 11.3 Å². The fraction of sp³-hybridized carbons (Fsp3) is 0.412. The number of hydrogen-bond donors (Lipinski definition) is 0. The van der Waals surface area contributed by atoms with Crippen LogP contribution in [0.5, 0.6) is 0 Å². The van der Waals surface area contributed by atoms with Crippen molar-refractivity contribution in [2.75, 3.05) is 13.1 Å². The molecule has 0 aromatic carbocycles. The number of aromatic nitrogens is 1. The van der Waals surface area contributed by atoms with E-state index >= 15 is 0 Å². The predicted molar refractivity (Wildman–Crippen MR) is 85.6 cm³/mol. The molecule has 1 aliphatic heterocycles. The van der Waals surface area contributed by atoms with Crippen molar-refractivity contribution < 1.29 is 4.79 Å². The van der Waals surface area contributed by atoms with Crippen molar-refractivity contribution in [2.45, 2.75) is 26.2 Å². The number of thiophene rings is 1. The highest BCUT2D eigenvalue weighted by Crippen LogP contribution is 2.22. The first-order valence-corrected chi connectivity index (χ1v) is 8.39. The molecule has 3 nitrogen and oxygen atoms in total. The van der Waals surface area contributed by atoms with Gasteiger partial charge in [0.2, 0.25) is 0 Å². The summed E-state index contributed by atoms with van der Waals surface area (Å²) in [6.45, 7) is 3.76. The molecule has 1 aliphatic rings. The molecular weight excluding hydrogens is 280 g/mol. The molecule has 1 atom stereocenters. The lowest BCUT2D eigenvalue weighted by Crippen LogP contribution is -2.40. The minimum Gasteiger partial charge on any atom is -0.338 e. The van der Waals surface area contributed by atoms with Gasteiger partial charge in [-0.1, -0.05) is 6.07 Å². The monoisotopic (exact) mass is 300 g/mol. The lowest BCUT2D eigenvalue weighted by molar-refractivity contribution is 0.0674. The Labute approximate surface area is 129 Å². The van der Waals surface area contributed by atoms with Crippen LogP contribution >= 0.6 is 11.3 Å². The zero-order valence-corrected chi connectivity index (χ0v) is 13.1. The molecule has 2 aromatic heterocycles. The first-order valence-electron chi connectivity index (χ1n) is 7.45. The normalized spacial score (nSPS) is 18.7. The van der Waals surface area contributed by atoms with Crippen LogP contribution in [0.2, 0.25) is 0 Å². The summed E-state index contributed by atoms with van der Waals surface area (Å²) in [5, 5.41) is 3.91. The number of hydrogen-bond acceptors (Lipinski definition) is 3. The average molecular weight is 300 g/mol. The van der Waals surface area contributed by atoms with Crippen LogP contribution in [-0.4, -0.2) is 28.9 Å². The van der Waals surface area contributed by atoms with Gasteiger partial charge >= 0.3 is 0 Å². The fourth-order valence-electron chi connectivity index (χ4n) is 2.94. The number of aryl methyl sites for hydroxylation is 1. The minimum absolute atomic E-state index is 0.183. The number of rotatable bonds is 3. The van der Waals surface area contributed by atoms with E-state index in [0.29, 0.717) is 5.92 Å². The molecule has 3 rings (SSSR count). The highest BCUT2D eigenvalue weighted by Gasteiger charge is 2.24. The van der Waals surface area contributed by atoms with Gasteiger partial charge in [0, 0.05) is 30.4 Å². The Morgan fingerprint density at radius 2 is 2.33 bits per heavy atom. The van der Waals surface area contributed by atoms with Crippen LogP contribution < -0.4 is 0 Å². The first-order chi connectivity index (χ1) is 10.2. The average Bonchev–Trinajstić information content (AvgIpc) is 3.03. The molecule has 0 bridgehead atoms. The second kappa shape index (κ2) is 6.39. The Bertz CT molecular complexity index is 592. The minimum atomic E-state index is 0.183. The maximum atomic E-state index is 12.4. The third-order valence-electron chi connectivity index (χ3n) is 4.07. The van der Waals surface area contributed by atoms with Crippen molar-refractivity contribution in [3.8, 4) is 0 Å². The highest BCUT2D eigenvalue weighted by molar-refractivity contribution is 7.08.